The molecule has 0 bridgehead atoms. The summed E-state index contributed by atoms with van der Waals surface area (Å²) in [5, 5.41) is 3.66. The molecule has 1 aromatic rings. The van der Waals surface area contributed by atoms with Gasteiger partial charge < -0.3 is 5.32 Å². The Morgan fingerprint density at radius 2 is 2.29 bits per heavy atom. The average molecular weight is 291 g/mol. The molecule has 21 heavy (non-hydrogen) atoms. The van der Waals surface area contributed by atoms with E-state index in [1.807, 2.05) is 6.07 Å². The zero-order valence-electron chi connectivity index (χ0n) is 12.9. The fourth-order valence-electron chi connectivity index (χ4n) is 4.00. The van der Waals surface area contributed by atoms with Crippen molar-refractivity contribution in [2.24, 2.45) is 5.92 Å². The van der Waals surface area contributed by atoms with E-state index in [0.29, 0.717) is 12.1 Å². The van der Waals surface area contributed by atoms with Gasteiger partial charge >= 0.3 is 0 Å². The monoisotopic (exact) mass is 291 g/mol. The van der Waals surface area contributed by atoms with Crippen molar-refractivity contribution >= 4 is 0 Å². The van der Waals surface area contributed by atoms with E-state index in [1.54, 1.807) is 0 Å². The Morgan fingerprint density at radius 1 is 1.38 bits per heavy atom. The van der Waals surface area contributed by atoms with Crippen molar-refractivity contribution in [2.45, 2.75) is 51.1 Å². The van der Waals surface area contributed by atoms with Crippen molar-refractivity contribution in [3.05, 3.63) is 29.8 Å². The number of hydrogen-bond acceptors (Lipinski definition) is 3. The van der Waals surface area contributed by atoms with Crippen molar-refractivity contribution in [3.8, 4) is 0 Å². The topological polar surface area (TPSA) is 28.2 Å². The zero-order chi connectivity index (χ0) is 14.7. The summed E-state index contributed by atoms with van der Waals surface area (Å²) in [7, 11) is 0. The minimum Gasteiger partial charge on any atom is -0.314 e. The van der Waals surface area contributed by atoms with Crippen LogP contribution in [0.2, 0.25) is 0 Å². The number of hydrogen-bond donors (Lipinski definition) is 1. The number of likely N-dealkylation sites (tertiary alicyclic amines) is 1. The smallest absolute Gasteiger partial charge is 0.141 e. The molecular weight excluding hydrogens is 265 g/mol. The van der Waals surface area contributed by atoms with Crippen LogP contribution in [0.5, 0.6) is 0 Å². The standard InChI is InChI=1S/C17H26FN3/c1-2-17(16-8-7-14(18)11-20-16)21-10-4-5-13(12-21)15-6-3-9-19-15/h7-8,11,13,15,17,19H,2-6,9-10,12H2,1H3. The molecule has 2 aliphatic heterocycles. The van der Waals surface area contributed by atoms with E-state index < -0.39 is 0 Å². The largest absolute Gasteiger partial charge is 0.314 e. The third-order valence-electron chi connectivity index (χ3n) is 5.08. The molecule has 3 atom stereocenters. The van der Waals surface area contributed by atoms with E-state index in [4.69, 9.17) is 0 Å². The molecule has 3 rings (SSSR count). The number of rotatable bonds is 4. The molecule has 1 N–H and O–H groups in total. The van der Waals surface area contributed by atoms with Crippen LogP contribution >= 0.6 is 0 Å². The fraction of sp³-hybridized carbons (Fsp3) is 0.706. The third-order valence-corrected chi connectivity index (χ3v) is 5.08. The van der Waals surface area contributed by atoms with Crippen LogP contribution in [0.3, 0.4) is 0 Å². The lowest BCUT2D eigenvalue weighted by atomic mass is 9.88. The lowest BCUT2D eigenvalue weighted by Crippen LogP contribution is -2.44. The van der Waals surface area contributed by atoms with Gasteiger partial charge in [-0.25, -0.2) is 4.39 Å². The lowest BCUT2D eigenvalue weighted by Gasteiger charge is -2.40. The Hall–Kier alpha value is -1.00. The molecule has 0 amide bonds. The maximum absolute atomic E-state index is 13.1. The van der Waals surface area contributed by atoms with Gasteiger partial charge in [0.2, 0.25) is 0 Å². The van der Waals surface area contributed by atoms with E-state index in [2.05, 4.69) is 22.1 Å². The van der Waals surface area contributed by atoms with Crippen LogP contribution in [-0.2, 0) is 0 Å². The Morgan fingerprint density at radius 3 is 2.95 bits per heavy atom. The number of nitrogens with one attached hydrogen (secondary N) is 1. The second-order valence-corrected chi connectivity index (χ2v) is 6.43. The first kappa shape index (κ1) is 14.9. The van der Waals surface area contributed by atoms with Crippen molar-refractivity contribution in [2.75, 3.05) is 19.6 Å². The van der Waals surface area contributed by atoms with Gasteiger partial charge in [0.15, 0.2) is 0 Å². The van der Waals surface area contributed by atoms with Gasteiger partial charge in [0.05, 0.1) is 17.9 Å². The van der Waals surface area contributed by atoms with Crippen LogP contribution in [0.25, 0.3) is 0 Å². The van der Waals surface area contributed by atoms with E-state index >= 15 is 0 Å². The van der Waals surface area contributed by atoms with Crippen LogP contribution in [0, 0.1) is 11.7 Å². The van der Waals surface area contributed by atoms with Crippen LogP contribution in [0.1, 0.15) is 50.8 Å². The number of aromatic nitrogens is 1. The van der Waals surface area contributed by atoms with Crippen molar-refractivity contribution in [1.29, 1.82) is 0 Å². The molecule has 3 unspecified atom stereocenters. The summed E-state index contributed by atoms with van der Waals surface area (Å²) >= 11 is 0. The first-order valence-corrected chi connectivity index (χ1v) is 8.37. The van der Waals surface area contributed by atoms with Gasteiger partial charge in [-0.05, 0) is 63.2 Å². The van der Waals surface area contributed by atoms with Gasteiger partial charge in [-0.3, -0.25) is 9.88 Å². The Kier molecular flexibility index (Phi) is 4.86. The lowest BCUT2D eigenvalue weighted by molar-refractivity contribution is 0.102. The minimum absolute atomic E-state index is 0.250. The second-order valence-electron chi connectivity index (χ2n) is 6.43. The summed E-state index contributed by atoms with van der Waals surface area (Å²) in [6.07, 6.45) is 7.62. The van der Waals surface area contributed by atoms with E-state index in [9.17, 15) is 4.39 Å². The zero-order valence-corrected chi connectivity index (χ0v) is 12.9. The van der Waals surface area contributed by atoms with Gasteiger partial charge in [0, 0.05) is 12.6 Å². The highest BCUT2D eigenvalue weighted by molar-refractivity contribution is 5.10. The second kappa shape index (κ2) is 6.84. The van der Waals surface area contributed by atoms with Crippen molar-refractivity contribution in [1.82, 2.24) is 15.2 Å². The highest BCUT2D eigenvalue weighted by Crippen LogP contribution is 2.31. The van der Waals surface area contributed by atoms with Crippen molar-refractivity contribution in [3.63, 3.8) is 0 Å². The van der Waals surface area contributed by atoms with E-state index in [1.165, 1.54) is 44.5 Å². The number of halogens is 1. The van der Waals surface area contributed by atoms with Gasteiger partial charge in [-0.15, -0.1) is 0 Å². The van der Waals surface area contributed by atoms with Gasteiger partial charge in [0.25, 0.3) is 0 Å². The van der Waals surface area contributed by atoms with Gasteiger partial charge in [-0.2, -0.15) is 0 Å². The molecule has 3 heterocycles. The molecule has 0 saturated carbocycles. The summed E-state index contributed by atoms with van der Waals surface area (Å²) in [5.41, 5.74) is 1.01. The highest BCUT2D eigenvalue weighted by Gasteiger charge is 2.32. The predicted molar refractivity (Wildman–Crippen MR) is 82.5 cm³/mol. The van der Waals surface area contributed by atoms with E-state index in [-0.39, 0.29) is 5.82 Å². The molecule has 2 saturated heterocycles. The number of pyridine rings is 1. The summed E-state index contributed by atoms with van der Waals surface area (Å²) in [6.45, 7) is 5.67. The Balaban J connectivity index is 1.69. The van der Waals surface area contributed by atoms with Crippen molar-refractivity contribution < 1.29 is 4.39 Å². The molecule has 2 aliphatic rings. The van der Waals surface area contributed by atoms with Crippen LogP contribution in [0.4, 0.5) is 4.39 Å². The fourth-order valence-corrected chi connectivity index (χ4v) is 4.00. The molecule has 2 fully saturated rings. The molecule has 3 nitrogen and oxygen atoms in total. The Labute approximate surface area is 126 Å². The number of piperidine rings is 1. The van der Waals surface area contributed by atoms with Crippen LogP contribution < -0.4 is 5.32 Å². The quantitative estimate of drug-likeness (QED) is 0.924. The third kappa shape index (κ3) is 3.43. The molecule has 1 aromatic heterocycles. The predicted octanol–water partition coefficient (Wildman–Crippen LogP) is 3.14. The molecule has 116 valence electrons. The van der Waals surface area contributed by atoms with Crippen LogP contribution in [-0.4, -0.2) is 35.6 Å². The summed E-state index contributed by atoms with van der Waals surface area (Å²) < 4.78 is 13.1. The summed E-state index contributed by atoms with van der Waals surface area (Å²) in [5.74, 6) is 0.510. The maximum Gasteiger partial charge on any atom is 0.141 e. The number of nitrogens with zero attached hydrogens (tertiary/aromatic N) is 2. The molecule has 0 aliphatic carbocycles. The van der Waals surface area contributed by atoms with Crippen LogP contribution in [0.15, 0.2) is 18.3 Å². The van der Waals surface area contributed by atoms with Gasteiger partial charge in [0.1, 0.15) is 5.82 Å². The summed E-state index contributed by atoms with van der Waals surface area (Å²) in [4.78, 5) is 6.88. The Bertz CT molecular complexity index is 442. The average Bonchev–Trinajstić information content (AvgIpc) is 3.05. The minimum atomic E-state index is -0.250. The first-order chi connectivity index (χ1) is 10.3. The SMILES string of the molecule is CCC(c1ccc(F)cn1)N1CCCC(C2CCCN2)C1. The normalized spacial score (nSPS) is 28.7. The van der Waals surface area contributed by atoms with Gasteiger partial charge in [-0.1, -0.05) is 6.92 Å². The highest BCUT2D eigenvalue weighted by atomic mass is 19.1. The molecule has 0 aromatic carbocycles. The van der Waals surface area contributed by atoms with E-state index in [0.717, 1.165) is 31.1 Å². The maximum atomic E-state index is 13.1. The molecule has 4 heteroatoms. The first-order valence-electron chi connectivity index (χ1n) is 8.37. The molecule has 0 radical (unpaired) electrons. The molecular formula is C17H26FN3. The molecule has 0 spiro atoms. The summed E-state index contributed by atoms with van der Waals surface area (Å²) in [6, 6.07) is 4.41.